The third kappa shape index (κ3) is 3.03. The van der Waals surface area contributed by atoms with Crippen LogP contribution in [0.3, 0.4) is 0 Å². The van der Waals surface area contributed by atoms with Gasteiger partial charge in [0.25, 0.3) is 0 Å². The Bertz CT molecular complexity index is 461. The summed E-state index contributed by atoms with van der Waals surface area (Å²) in [6.45, 7) is 2.76. The summed E-state index contributed by atoms with van der Waals surface area (Å²) in [6.07, 6.45) is 3.58. The molecule has 1 aliphatic heterocycles. The van der Waals surface area contributed by atoms with Crippen LogP contribution in [0.15, 0.2) is 18.3 Å². The normalized spacial score (nSPS) is 17.3. The van der Waals surface area contributed by atoms with Gasteiger partial charge in [0.1, 0.15) is 11.8 Å². The van der Waals surface area contributed by atoms with Crippen LogP contribution in [-0.2, 0) is 6.54 Å². The van der Waals surface area contributed by atoms with Crippen molar-refractivity contribution >= 4 is 0 Å². The Morgan fingerprint density at radius 3 is 2.76 bits per heavy atom. The van der Waals surface area contributed by atoms with Crippen molar-refractivity contribution in [2.45, 2.75) is 19.4 Å². The van der Waals surface area contributed by atoms with E-state index in [0.29, 0.717) is 5.69 Å². The quantitative estimate of drug-likeness (QED) is 0.769. The third-order valence-corrected chi connectivity index (χ3v) is 3.12. The maximum absolute atomic E-state index is 8.82. The van der Waals surface area contributed by atoms with Crippen molar-refractivity contribution in [1.29, 1.82) is 10.5 Å². The minimum absolute atomic E-state index is 0.221. The van der Waals surface area contributed by atoms with Crippen LogP contribution >= 0.6 is 0 Å². The molecule has 0 aliphatic carbocycles. The van der Waals surface area contributed by atoms with Crippen LogP contribution in [0.5, 0.6) is 0 Å². The lowest BCUT2D eigenvalue weighted by Gasteiger charge is -2.28. The molecule has 0 unspecified atom stereocenters. The van der Waals surface area contributed by atoms with Crippen molar-refractivity contribution in [3.63, 3.8) is 0 Å². The lowest BCUT2D eigenvalue weighted by molar-refractivity contribution is 0.198. The van der Waals surface area contributed by atoms with Gasteiger partial charge in [0, 0.05) is 18.7 Å². The molecule has 4 heteroatoms. The molecule has 0 saturated carbocycles. The number of nitriles is 2. The summed E-state index contributed by atoms with van der Waals surface area (Å²) >= 11 is 0. The molecule has 0 bridgehead atoms. The van der Waals surface area contributed by atoms with Gasteiger partial charge in [-0.05, 0) is 43.6 Å². The van der Waals surface area contributed by atoms with E-state index in [1.54, 1.807) is 6.20 Å². The number of piperidine rings is 1. The van der Waals surface area contributed by atoms with E-state index in [1.165, 1.54) is 0 Å². The summed E-state index contributed by atoms with van der Waals surface area (Å²) in [7, 11) is 0. The zero-order valence-electron chi connectivity index (χ0n) is 9.63. The second-order valence-electron chi connectivity index (χ2n) is 4.34. The van der Waals surface area contributed by atoms with Gasteiger partial charge in [-0.25, -0.2) is 4.98 Å². The molecule has 1 fully saturated rings. The average Bonchev–Trinajstić information content (AvgIpc) is 2.40. The van der Waals surface area contributed by atoms with E-state index in [9.17, 15) is 0 Å². The molecule has 1 aliphatic rings. The van der Waals surface area contributed by atoms with Gasteiger partial charge in [-0.2, -0.15) is 10.5 Å². The number of hydrogen-bond donors (Lipinski definition) is 0. The van der Waals surface area contributed by atoms with Crippen LogP contribution in [0.25, 0.3) is 0 Å². The highest BCUT2D eigenvalue weighted by Crippen LogP contribution is 2.18. The molecule has 0 amide bonds. The Balaban J connectivity index is 1.94. The second kappa shape index (κ2) is 5.43. The predicted molar refractivity (Wildman–Crippen MR) is 62.6 cm³/mol. The summed E-state index contributed by atoms with van der Waals surface area (Å²) < 4.78 is 0. The maximum atomic E-state index is 8.82. The van der Waals surface area contributed by atoms with Gasteiger partial charge >= 0.3 is 0 Å². The van der Waals surface area contributed by atoms with Crippen LogP contribution in [-0.4, -0.2) is 23.0 Å². The number of nitrogens with zero attached hydrogens (tertiary/aromatic N) is 4. The second-order valence-corrected chi connectivity index (χ2v) is 4.34. The summed E-state index contributed by atoms with van der Waals surface area (Å²) in [4.78, 5) is 6.28. The standard InChI is InChI=1S/C13H14N4/c14-8-11-2-5-17(6-3-11)10-12-1-4-16-13(7-12)9-15/h1,4,7,11H,2-3,5-6,10H2. The molecule has 0 radical (unpaired) electrons. The molecule has 0 N–H and O–H groups in total. The highest BCUT2D eigenvalue weighted by molar-refractivity contribution is 5.25. The van der Waals surface area contributed by atoms with Crippen LogP contribution in [0, 0.1) is 28.6 Å². The van der Waals surface area contributed by atoms with Gasteiger partial charge in [-0.1, -0.05) is 0 Å². The molecule has 17 heavy (non-hydrogen) atoms. The molecule has 0 spiro atoms. The minimum Gasteiger partial charge on any atom is -0.299 e. The largest absolute Gasteiger partial charge is 0.299 e. The molecule has 86 valence electrons. The fourth-order valence-corrected chi connectivity index (χ4v) is 2.11. The van der Waals surface area contributed by atoms with Crippen molar-refractivity contribution in [3.05, 3.63) is 29.6 Å². The monoisotopic (exact) mass is 226 g/mol. The van der Waals surface area contributed by atoms with E-state index in [0.717, 1.165) is 38.0 Å². The van der Waals surface area contributed by atoms with Gasteiger partial charge in [-0.3, -0.25) is 4.90 Å². The topological polar surface area (TPSA) is 63.7 Å². The Hall–Kier alpha value is -1.91. The Kier molecular flexibility index (Phi) is 3.69. The summed E-state index contributed by atoms with van der Waals surface area (Å²) in [6, 6.07) is 8.15. The molecule has 2 heterocycles. The lowest BCUT2D eigenvalue weighted by atomic mass is 9.98. The molecule has 1 saturated heterocycles. The Morgan fingerprint density at radius 2 is 2.12 bits per heavy atom. The number of likely N-dealkylation sites (tertiary alicyclic amines) is 1. The number of aromatic nitrogens is 1. The maximum Gasteiger partial charge on any atom is 0.140 e. The van der Waals surface area contributed by atoms with Gasteiger partial charge < -0.3 is 0 Å². The number of pyridine rings is 1. The first-order chi connectivity index (χ1) is 8.31. The first-order valence-corrected chi connectivity index (χ1v) is 5.79. The zero-order valence-corrected chi connectivity index (χ0v) is 9.63. The van der Waals surface area contributed by atoms with Gasteiger partial charge in [-0.15, -0.1) is 0 Å². The van der Waals surface area contributed by atoms with Crippen molar-refractivity contribution in [2.24, 2.45) is 5.92 Å². The fourth-order valence-electron chi connectivity index (χ4n) is 2.11. The average molecular weight is 226 g/mol. The molecule has 2 rings (SSSR count). The predicted octanol–water partition coefficient (Wildman–Crippen LogP) is 1.69. The van der Waals surface area contributed by atoms with E-state index >= 15 is 0 Å². The van der Waals surface area contributed by atoms with E-state index in [1.807, 2.05) is 18.2 Å². The van der Waals surface area contributed by atoms with Crippen LogP contribution in [0.4, 0.5) is 0 Å². The molecular formula is C13H14N4. The first-order valence-electron chi connectivity index (χ1n) is 5.79. The van der Waals surface area contributed by atoms with Crippen molar-refractivity contribution in [3.8, 4) is 12.1 Å². The highest BCUT2D eigenvalue weighted by atomic mass is 15.1. The molecule has 4 nitrogen and oxygen atoms in total. The van der Waals surface area contributed by atoms with Crippen molar-refractivity contribution in [2.75, 3.05) is 13.1 Å². The van der Waals surface area contributed by atoms with E-state index in [-0.39, 0.29) is 5.92 Å². The van der Waals surface area contributed by atoms with Gasteiger partial charge in [0.2, 0.25) is 0 Å². The van der Waals surface area contributed by atoms with E-state index < -0.39 is 0 Å². The molecule has 0 aromatic carbocycles. The minimum atomic E-state index is 0.221. The summed E-state index contributed by atoms with van der Waals surface area (Å²) in [5.41, 5.74) is 1.58. The molecular weight excluding hydrogens is 212 g/mol. The van der Waals surface area contributed by atoms with Crippen LogP contribution in [0.1, 0.15) is 24.1 Å². The van der Waals surface area contributed by atoms with Gasteiger partial charge in [0.05, 0.1) is 6.07 Å². The SMILES string of the molecule is N#Cc1cc(CN2CCC(C#N)CC2)ccn1. The van der Waals surface area contributed by atoms with Crippen LogP contribution in [0.2, 0.25) is 0 Å². The first kappa shape index (κ1) is 11.6. The summed E-state index contributed by atoms with van der Waals surface area (Å²) in [5.74, 6) is 0.221. The van der Waals surface area contributed by atoms with E-state index in [4.69, 9.17) is 10.5 Å². The molecule has 0 atom stereocenters. The number of rotatable bonds is 2. The fraction of sp³-hybridized carbons (Fsp3) is 0.462. The number of hydrogen-bond acceptors (Lipinski definition) is 4. The molecule has 1 aromatic heterocycles. The van der Waals surface area contributed by atoms with Crippen LogP contribution < -0.4 is 0 Å². The Morgan fingerprint density at radius 1 is 1.35 bits per heavy atom. The Labute approximate surface area is 101 Å². The molecule has 1 aromatic rings. The van der Waals surface area contributed by atoms with Gasteiger partial charge in [0.15, 0.2) is 0 Å². The third-order valence-electron chi connectivity index (χ3n) is 3.12. The highest BCUT2D eigenvalue weighted by Gasteiger charge is 2.18. The smallest absolute Gasteiger partial charge is 0.140 e. The van der Waals surface area contributed by atoms with Crippen molar-refractivity contribution < 1.29 is 0 Å². The lowest BCUT2D eigenvalue weighted by Crippen LogP contribution is -2.32. The summed E-state index contributed by atoms with van der Waals surface area (Å²) in [5, 5.41) is 17.6. The zero-order chi connectivity index (χ0) is 12.1. The van der Waals surface area contributed by atoms with Crippen molar-refractivity contribution in [1.82, 2.24) is 9.88 Å². The van der Waals surface area contributed by atoms with E-state index in [2.05, 4.69) is 16.0 Å².